The molecule has 3 aromatic rings. The zero-order chi connectivity index (χ0) is 15.0. The van der Waals surface area contributed by atoms with Gasteiger partial charge >= 0.3 is 0 Å². The number of aromatic nitrogens is 2. The summed E-state index contributed by atoms with van der Waals surface area (Å²) in [5.41, 5.74) is 2.11. The van der Waals surface area contributed by atoms with Crippen LogP contribution in [0.2, 0.25) is 0 Å². The minimum Gasteiger partial charge on any atom is -0.293 e. The van der Waals surface area contributed by atoms with Gasteiger partial charge in [0, 0.05) is 5.56 Å². The third-order valence-electron chi connectivity index (χ3n) is 3.24. The minimum atomic E-state index is -0.441. The molecule has 0 fully saturated rings. The number of aryl methyl sites for hydroxylation is 1. The summed E-state index contributed by atoms with van der Waals surface area (Å²) in [6, 6.07) is 6.06. The van der Waals surface area contributed by atoms with Crippen molar-refractivity contribution in [2.75, 3.05) is 0 Å². The summed E-state index contributed by atoms with van der Waals surface area (Å²) in [7, 11) is 0. The molecule has 4 nitrogen and oxygen atoms in total. The van der Waals surface area contributed by atoms with Crippen molar-refractivity contribution in [2.24, 2.45) is 0 Å². The molecule has 0 saturated heterocycles. The largest absolute Gasteiger partial charge is 0.293 e. The van der Waals surface area contributed by atoms with Gasteiger partial charge in [-0.15, -0.1) is 11.3 Å². The summed E-state index contributed by atoms with van der Waals surface area (Å²) in [5.74, 6) is -0.441. The van der Waals surface area contributed by atoms with Crippen molar-refractivity contribution < 1.29 is 4.39 Å². The van der Waals surface area contributed by atoms with E-state index in [0.717, 1.165) is 5.56 Å². The van der Waals surface area contributed by atoms with Gasteiger partial charge < -0.3 is 0 Å². The maximum absolute atomic E-state index is 13.8. The van der Waals surface area contributed by atoms with E-state index in [-0.39, 0.29) is 12.1 Å². The molecule has 0 N–H and O–H groups in total. The molecule has 0 spiro atoms. The molecule has 0 radical (unpaired) electrons. The normalized spacial score (nSPS) is 10.7. The number of rotatable bonds is 2. The smallest absolute Gasteiger partial charge is 0.271 e. The highest BCUT2D eigenvalue weighted by molar-refractivity contribution is 7.17. The highest BCUT2D eigenvalue weighted by atomic mass is 32.1. The number of halogens is 1. The van der Waals surface area contributed by atoms with Crippen LogP contribution in [-0.4, -0.2) is 9.55 Å². The van der Waals surface area contributed by atoms with Crippen LogP contribution in [0, 0.1) is 24.1 Å². The number of fused-ring (bicyclic) bond motifs is 1. The first-order chi connectivity index (χ1) is 10.1. The first-order valence-corrected chi connectivity index (χ1v) is 7.10. The van der Waals surface area contributed by atoms with Crippen LogP contribution in [0.25, 0.3) is 10.2 Å². The van der Waals surface area contributed by atoms with Crippen molar-refractivity contribution in [1.82, 2.24) is 9.55 Å². The standard InChI is InChI=1S/C15H10FN3OS/c1-9-7-21-14-13(9)18-8-19(15(14)20)6-11-4-10(5-17)2-3-12(11)16/h2-4,7-8H,6H2,1H3. The molecule has 3 rings (SSSR count). The maximum Gasteiger partial charge on any atom is 0.271 e. The van der Waals surface area contributed by atoms with Crippen LogP contribution in [0.1, 0.15) is 16.7 Å². The van der Waals surface area contributed by atoms with Crippen LogP contribution in [0.4, 0.5) is 4.39 Å². The molecule has 0 amide bonds. The molecule has 0 aliphatic rings. The first kappa shape index (κ1) is 13.5. The zero-order valence-electron chi connectivity index (χ0n) is 11.1. The fourth-order valence-electron chi connectivity index (χ4n) is 2.12. The molecule has 0 atom stereocenters. The third-order valence-corrected chi connectivity index (χ3v) is 4.31. The number of nitrogens with zero attached hydrogens (tertiary/aromatic N) is 3. The van der Waals surface area contributed by atoms with Gasteiger partial charge in [0.1, 0.15) is 10.5 Å². The van der Waals surface area contributed by atoms with Crippen LogP contribution in [0.15, 0.2) is 34.7 Å². The molecule has 0 unspecified atom stereocenters. The number of hydrogen-bond acceptors (Lipinski definition) is 4. The summed E-state index contributed by atoms with van der Waals surface area (Å²) in [6.07, 6.45) is 1.42. The Morgan fingerprint density at radius 1 is 1.48 bits per heavy atom. The molecule has 2 heterocycles. The fraction of sp³-hybridized carbons (Fsp3) is 0.133. The van der Waals surface area contributed by atoms with Crippen molar-refractivity contribution in [3.05, 3.63) is 62.8 Å². The van der Waals surface area contributed by atoms with Gasteiger partial charge in [-0.3, -0.25) is 9.36 Å². The van der Waals surface area contributed by atoms with E-state index in [1.807, 2.05) is 18.4 Å². The molecule has 0 bridgehead atoms. The predicted octanol–water partition coefficient (Wildman–Crippen LogP) is 2.83. The van der Waals surface area contributed by atoms with Crippen LogP contribution in [0.3, 0.4) is 0 Å². The minimum absolute atomic E-state index is 0.0556. The molecule has 104 valence electrons. The second kappa shape index (κ2) is 5.11. The maximum atomic E-state index is 13.8. The average Bonchev–Trinajstić information content (AvgIpc) is 2.86. The molecule has 0 aliphatic carbocycles. The number of benzene rings is 1. The van der Waals surface area contributed by atoms with E-state index in [1.165, 1.54) is 40.4 Å². The van der Waals surface area contributed by atoms with Crippen molar-refractivity contribution in [1.29, 1.82) is 5.26 Å². The summed E-state index contributed by atoms with van der Waals surface area (Å²) >= 11 is 1.34. The monoisotopic (exact) mass is 299 g/mol. The van der Waals surface area contributed by atoms with Gasteiger partial charge in [-0.1, -0.05) is 0 Å². The van der Waals surface area contributed by atoms with E-state index in [1.54, 1.807) is 0 Å². The van der Waals surface area contributed by atoms with Gasteiger partial charge in [0.05, 0.1) is 30.0 Å². The second-order valence-corrected chi connectivity index (χ2v) is 5.57. The van der Waals surface area contributed by atoms with Crippen molar-refractivity contribution in [3.63, 3.8) is 0 Å². The second-order valence-electron chi connectivity index (χ2n) is 4.69. The molecular formula is C15H10FN3OS. The van der Waals surface area contributed by atoms with Crippen LogP contribution in [0.5, 0.6) is 0 Å². The van der Waals surface area contributed by atoms with Gasteiger partial charge in [0.2, 0.25) is 0 Å². The lowest BCUT2D eigenvalue weighted by molar-refractivity contribution is 0.595. The quantitative estimate of drug-likeness (QED) is 0.731. The van der Waals surface area contributed by atoms with E-state index in [9.17, 15) is 9.18 Å². The van der Waals surface area contributed by atoms with Crippen molar-refractivity contribution in [3.8, 4) is 6.07 Å². The van der Waals surface area contributed by atoms with Gasteiger partial charge in [-0.25, -0.2) is 9.37 Å². The molecule has 0 aliphatic heterocycles. The Kier molecular flexibility index (Phi) is 3.28. The van der Waals surface area contributed by atoms with E-state index in [0.29, 0.717) is 21.3 Å². The molecule has 6 heteroatoms. The Morgan fingerprint density at radius 2 is 2.29 bits per heavy atom. The molecule has 2 aromatic heterocycles. The van der Waals surface area contributed by atoms with Crippen molar-refractivity contribution in [2.45, 2.75) is 13.5 Å². The van der Waals surface area contributed by atoms with Gasteiger partial charge in [0.25, 0.3) is 5.56 Å². The van der Waals surface area contributed by atoms with Gasteiger partial charge in [-0.2, -0.15) is 5.26 Å². The molecule has 1 aromatic carbocycles. The highest BCUT2D eigenvalue weighted by Gasteiger charge is 2.10. The van der Waals surface area contributed by atoms with E-state index in [4.69, 9.17) is 5.26 Å². The first-order valence-electron chi connectivity index (χ1n) is 6.22. The molecule has 0 saturated carbocycles. The lowest BCUT2D eigenvalue weighted by Gasteiger charge is -2.07. The number of hydrogen-bond donors (Lipinski definition) is 0. The lowest BCUT2D eigenvalue weighted by atomic mass is 10.1. The predicted molar refractivity (Wildman–Crippen MR) is 78.8 cm³/mol. The third kappa shape index (κ3) is 2.32. The average molecular weight is 299 g/mol. The Balaban J connectivity index is 2.09. The SMILES string of the molecule is Cc1csc2c(=O)n(Cc3cc(C#N)ccc3F)cnc12. The summed E-state index contributed by atoms with van der Waals surface area (Å²) < 4.78 is 15.7. The Hall–Kier alpha value is -2.52. The lowest BCUT2D eigenvalue weighted by Crippen LogP contribution is -2.20. The summed E-state index contributed by atoms with van der Waals surface area (Å²) in [5, 5.41) is 10.7. The number of nitriles is 1. The Morgan fingerprint density at radius 3 is 3.05 bits per heavy atom. The zero-order valence-corrected chi connectivity index (χ0v) is 11.9. The molecule has 21 heavy (non-hydrogen) atoms. The van der Waals surface area contributed by atoms with Gasteiger partial charge in [0.15, 0.2) is 0 Å². The highest BCUT2D eigenvalue weighted by Crippen LogP contribution is 2.19. The van der Waals surface area contributed by atoms with Crippen LogP contribution >= 0.6 is 11.3 Å². The fourth-order valence-corrected chi connectivity index (χ4v) is 3.07. The number of thiophene rings is 1. The van der Waals surface area contributed by atoms with E-state index < -0.39 is 5.82 Å². The van der Waals surface area contributed by atoms with E-state index >= 15 is 0 Å². The van der Waals surface area contributed by atoms with Gasteiger partial charge in [-0.05, 0) is 36.1 Å². The molecular weight excluding hydrogens is 289 g/mol. The topological polar surface area (TPSA) is 58.7 Å². The van der Waals surface area contributed by atoms with Crippen LogP contribution in [-0.2, 0) is 6.54 Å². The Bertz CT molecular complexity index is 936. The Labute approximate surface area is 123 Å². The summed E-state index contributed by atoms with van der Waals surface area (Å²) in [4.78, 5) is 16.6. The van der Waals surface area contributed by atoms with Crippen molar-refractivity contribution >= 4 is 21.6 Å². The van der Waals surface area contributed by atoms with Crippen LogP contribution < -0.4 is 5.56 Å². The van der Waals surface area contributed by atoms with E-state index in [2.05, 4.69) is 4.98 Å². The summed E-state index contributed by atoms with van der Waals surface area (Å²) in [6.45, 7) is 1.95.